The van der Waals surface area contributed by atoms with E-state index in [1.807, 2.05) is 0 Å². The predicted molar refractivity (Wildman–Crippen MR) is 91.6 cm³/mol. The minimum atomic E-state index is -0.802. The summed E-state index contributed by atoms with van der Waals surface area (Å²) in [6.07, 6.45) is 7.24. The molecule has 1 aromatic heterocycles. The number of ether oxygens (including phenoxy) is 1. The van der Waals surface area contributed by atoms with E-state index in [4.69, 9.17) is 4.74 Å². The second-order valence-corrected chi connectivity index (χ2v) is 6.94. The summed E-state index contributed by atoms with van der Waals surface area (Å²) in [6.45, 7) is 4.85. The van der Waals surface area contributed by atoms with Gasteiger partial charge < -0.3 is 19.3 Å². The highest BCUT2D eigenvalue weighted by atomic mass is 16.5. The van der Waals surface area contributed by atoms with Crippen LogP contribution in [0.2, 0.25) is 0 Å². The van der Waals surface area contributed by atoms with Crippen LogP contribution in [0.5, 0.6) is 0 Å². The van der Waals surface area contributed by atoms with Crippen LogP contribution >= 0.6 is 0 Å². The van der Waals surface area contributed by atoms with Crippen molar-refractivity contribution in [2.75, 3.05) is 32.8 Å². The summed E-state index contributed by atoms with van der Waals surface area (Å²) in [6, 6.07) is 8.47. The summed E-state index contributed by atoms with van der Waals surface area (Å²) >= 11 is 0. The van der Waals surface area contributed by atoms with Gasteiger partial charge in [0, 0.05) is 31.0 Å². The molecule has 0 bridgehead atoms. The Morgan fingerprint density at radius 1 is 1.09 bits per heavy atom. The van der Waals surface area contributed by atoms with Crippen LogP contribution in [0.4, 0.5) is 0 Å². The molecular weight excluding hydrogens is 288 g/mol. The predicted octanol–water partition coefficient (Wildman–Crippen LogP) is 2.74. The molecule has 0 spiro atoms. The molecule has 2 fully saturated rings. The molecule has 1 aromatic carbocycles. The smallest absolute Gasteiger partial charge is 0.146 e. The van der Waals surface area contributed by atoms with Crippen molar-refractivity contribution in [3.05, 3.63) is 36.0 Å². The summed E-state index contributed by atoms with van der Waals surface area (Å²) < 4.78 is 7.54. The van der Waals surface area contributed by atoms with E-state index >= 15 is 0 Å². The van der Waals surface area contributed by atoms with Gasteiger partial charge in [0.05, 0.1) is 18.7 Å². The first-order valence-electron chi connectivity index (χ1n) is 8.88. The van der Waals surface area contributed by atoms with Crippen LogP contribution in [0.15, 0.2) is 30.5 Å². The highest BCUT2D eigenvalue weighted by Gasteiger charge is 2.33. The molecule has 1 N–H and O–H groups in total. The van der Waals surface area contributed by atoms with Crippen LogP contribution in [-0.2, 0) is 16.9 Å². The van der Waals surface area contributed by atoms with Crippen molar-refractivity contribution in [2.24, 2.45) is 0 Å². The van der Waals surface area contributed by atoms with Crippen LogP contribution in [0, 0.1) is 0 Å². The maximum absolute atomic E-state index is 11.1. The fraction of sp³-hybridized carbons (Fsp3) is 0.579. The second kappa shape index (κ2) is 6.27. The number of para-hydroxylation sites is 1. The Balaban J connectivity index is 1.65. The standard InChI is InChI=1S/C19H26N2O2/c22-19(8-13-23-14-9-19)21-15-16(7-12-20-10-3-4-11-20)17-5-1-2-6-18(17)21/h1-2,5-6,15,22H,3-4,7-14H2. The molecule has 0 aliphatic carbocycles. The van der Waals surface area contributed by atoms with Gasteiger partial charge in [-0.3, -0.25) is 0 Å². The van der Waals surface area contributed by atoms with Crippen LogP contribution in [0.1, 0.15) is 31.2 Å². The number of likely N-dealkylation sites (tertiary alicyclic amines) is 1. The number of benzene rings is 1. The molecular formula is C19H26N2O2. The summed E-state index contributed by atoms with van der Waals surface area (Å²) in [5.74, 6) is 0. The van der Waals surface area contributed by atoms with Gasteiger partial charge in [-0.05, 0) is 44.0 Å². The lowest BCUT2D eigenvalue weighted by atomic mass is 10.0. The van der Waals surface area contributed by atoms with Crippen LogP contribution in [-0.4, -0.2) is 47.4 Å². The molecule has 0 atom stereocenters. The quantitative estimate of drug-likeness (QED) is 0.943. The zero-order valence-electron chi connectivity index (χ0n) is 13.7. The number of rotatable bonds is 4. The van der Waals surface area contributed by atoms with Crippen molar-refractivity contribution in [1.29, 1.82) is 0 Å². The minimum Gasteiger partial charge on any atom is -0.381 e. The topological polar surface area (TPSA) is 37.6 Å². The highest BCUT2D eigenvalue weighted by molar-refractivity contribution is 5.84. The van der Waals surface area contributed by atoms with E-state index in [0.29, 0.717) is 26.1 Å². The van der Waals surface area contributed by atoms with Crippen molar-refractivity contribution < 1.29 is 9.84 Å². The highest BCUT2D eigenvalue weighted by Crippen LogP contribution is 2.33. The first-order valence-corrected chi connectivity index (χ1v) is 8.88. The lowest BCUT2D eigenvalue weighted by molar-refractivity contribution is -0.115. The van der Waals surface area contributed by atoms with Crippen molar-refractivity contribution in [2.45, 2.75) is 37.8 Å². The molecule has 2 aromatic rings. The van der Waals surface area contributed by atoms with Crippen LogP contribution < -0.4 is 0 Å². The molecule has 0 unspecified atom stereocenters. The maximum Gasteiger partial charge on any atom is 0.146 e. The molecule has 124 valence electrons. The Labute approximate surface area is 137 Å². The van der Waals surface area contributed by atoms with Gasteiger partial charge >= 0.3 is 0 Å². The molecule has 2 aliphatic heterocycles. The third kappa shape index (κ3) is 2.91. The summed E-state index contributed by atoms with van der Waals surface area (Å²) in [4.78, 5) is 2.55. The maximum atomic E-state index is 11.1. The van der Waals surface area contributed by atoms with Crippen molar-refractivity contribution >= 4 is 10.9 Å². The number of aliphatic hydroxyl groups is 1. The van der Waals surface area contributed by atoms with Crippen LogP contribution in [0.3, 0.4) is 0 Å². The number of nitrogens with zero attached hydrogens (tertiary/aromatic N) is 2. The Kier molecular flexibility index (Phi) is 4.14. The zero-order chi connectivity index (χ0) is 15.7. The van der Waals surface area contributed by atoms with E-state index in [2.05, 4.69) is 39.9 Å². The Hall–Kier alpha value is -1.36. The summed E-state index contributed by atoms with van der Waals surface area (Å²) in [5, 5.41) is 12.4. The number of hydrogen-bond acceptors (Lipinski definition) is 3. The van der Waals surface area contributed by atoms with Crippen molar-refractivity contribution in [1.82, 2.24) is 9.47 Å². The molecule has 4 rings (SSSR count). The summed E-state index contributed by atoms with van der Waals surface area (Å²) in [7, 11) is 0. The van der Waals surface area contributed by atoms with Gasteiger partial charge in [-0.2, -0.15) is 0 Å². The van der Waals surface area contributed by atoms with E-state index in [1.54, 1.807) is 0 Å². The van der Waals surface area contributed by atoms with E-state index in [0.717, 1.165) is 18.5 Å². The monoisotopic (exact) mass is 314 g/mol. The molecule has 2 aliphatic rings. The molecule has 0 radical (unpaired) electrons. The van der Waals surface area contributed by atoms with Crippen molar-refractivity contribution in [3.8, 4) is 0 Å². The third-order valence-corrected chi connectivity index (χ3v) is 5.43. The first kappa shape index (κ1) is 15.2. The van der Waals surface area contributed by atoms with Gasteiger partial charge in [0.15, 0.2) is 0 Å². The average molecular weight is 314 g/mol. The Bertz CT molecular complexity index is 667. The number of hydrogen-bond donors (Lipinski definition) is 1. The normalized spacial score (nSPS) is 22.0. The van der Waals surface area contributed by atoms with Gasteiger partial charge in [0.25, 0.3) is 0 Å². The fourth-order valence-corrected chi connectivity index (χ4v) is 4.02. The Morgan fingerprint density at radius 3 is 2.61 bits per heavy atom. The van der Waals surface area contributed by atoms with Gasteiger partial charge in [-0.15, -0.1) is 0 Å². The van der Waals surface area contributed by atoms with E-state index < -0.39 is 5.72 Å². The van der Waals surface area contributed by atoms with E-state index in [1.165, 1.54) is 36.9 Å². The average Bonchev–Trinajstić information content (AvgIpc) is 3.22. The SMILES string of the molecule is OC1(n2cc(CCN3CCCC3)c3ccccc32)CCOCC1. The van der Waals surface area contributed by atoms with Crippen molar-refractivity contribution in [3.63, 3.8) is 0 Å². The molecule has 0 saturated carbocycles. The summed E-state index contributed by atoms with van der Waals surface area (Å²) in [5.41, 5.74) is 1.70. The molecule has 2 saturated heterocycles. The Morgan fingerprint density at radius 2 is 1.83 bits per heavy atom. The zero-order valence-corrected chi connectivity index (χ0v) is 13.7. The molecule has 23 heavy (non-hydrogen) atoms. The number of fused-ring (bicyclic) bond motifs is 1. The molecule has 4 heteroatoms. The van der Waals surface area contributed by atoms with Gasteiger partial charge in [-0.25, -0.2) is 0 Å². The second-order valence-electron chi connectivity index (χ2n) is 6.94. The number of aromatic nitrogens is 1. The minimum absolute atomic E-state index is 0.631. The van der Waals surface area contributed by atoms with E-state index in [-0.39, 0.29) is 0 Å². The van der Waals surface area contributed by atoms with Crippen LogP contribution in [0.25, 0.3) is 10.9 Å². The van der Waals surface area contributed by atoms with Gasteiger partial charge in [0.1, 0.15) is 5.72 Å². The first-order chi connectivity index (χ1) is 11.3. The lowest BCUT2D eigenvalue weighted by Crippen LogP contribution is -2.38. The largest absolute Gasteiger partial charge is 0.381 e. The molecule has 4 nitrogen and oxygen atoms in total. The van der Waals surface area contributed by atoms with Gasteiger partial charge in [-0.1, -0.05) is 18.2 Å². The molecule has 0 amide bonds. The fourth-order valence-electron chi connectivity index (χ4n) is 4.02. The van der Waals surface area contributed by atoms with E-state index in [9.17, 15) is 5.11 Å². The molecule has 3 heterocycles. The lowest BCUT2D eigenvalue weighted by Gasteiger charge is -2.34. The third-order valence-electron chi connectivity index (χ3n) is 5.43. The van der Waals surface area contributed by atoms with Gasteiger partial charge in [0.2, 0.25) is 0 Å².